The summed E-state index contributed by atoms with van der Waals surface area (Å²) in [5.41, 5.74) is 2.10. The molecule has 0 fully saturated rings. The summed E-state index contributed by atoms with van der Waals surface area (Å²) in [5.74, 6) is 0.669. The van der Waals surface area contributed by atoms with E-state index < -0.39 is 10.0 Å². The van der Waals surface area contributed by atoms with Crippen LogP contribution in [0.15, 0.2) is 64.5 Å². The van der Waals surface area contributed by atoms with E-state index in [9.17, 15) is 8.42 Å². The Hall–Kier alpha value is -2.42. The van der Waals surface area contributed by atoms with Crippen molar-refractivity contribution in [2.24, 2.45) is 4.99 Å². The smallest absolute Gasteiger partial charge is 0.240 e. The minimum absolute atomic E-state index is 0.231. The second-order valence-corrected chi connectivity index (χ2v) is 7.89. The van der Waals surface area contributed by atoms with Crippen molar-refractivity contribution in [1.82, 2.24) is 15.4 Å². The molecule has 28 heavy (non-hydrogen) atoms. The van der Waals surface area contributed by atoms with Gasteiger partial charge >= 0.3 is 0 Å². The Morgan fingerprint density at radius 2 is 1.75 bits per heavy atom. The van der Waals surface area contributed by atoms with E-state index in [1.54, 1.807) is 25.2 Å². The number of benzene rings is 2. The van der Waals surface area contributed by atoms with Crippen molar-refractivity contribution in [3.63, 3.8) is 0 Å². The zero-order valence-electron chi connectivity index (χ0n) is 16.3. The highest BCUT2D eigenvalue weighted by molar-refractivity contribution is 7.89. The maximum absolute atomic E-state index is 12.3. The van der Waals surface area contributed by atoms with Crippen LogP contribution in [0.1, 0.15) is 11.1 Å². The van der Waals surface area contributed by atoms with Crippen LogP contribution in [0.5, 0.6) is 0 Å². The molecule has 0 amide bonds. The third kappa shape index (κ3) is 7.30. The molecule has 7 nitrogen and oxygen atoms in total. The maximum atomic E-state index is 12.3. The van der Waals surface area contributed by atoms with Crippen LogP contribution in [0, 0.1) is 0 Å². The Labute approximate surface area is 167 Å². The van der Waals surface area contributed by atoms with E-state index in [1.165, 1.54) is 12.7 Å². The van der Waals surface area contributed by atoms with Gasteiger partial charge in [-0.05, 0) is 29.7 Å². The van der Waals surface area contributed by atoms with E-state index in [4.69, 9.17) is 4.74 Å². The van der Waals surface area contributed by atoms with Crippen LogP contribution in [0.2, 0.25) is 0 Å². The van der Waals surface area contributed by atoms with Crippen molar-refractivity contribution < 1.29 is 13.2 Å². The number of aliphatic imine (C=N–C) groups is 1. The molecule has 3 N–H and O–H groups in total. The summed E-state index contributed by atoms with van der Waals surface area (Å²) >= 11 is 0. The van der Waals surface area contributed by atoms with E-state index in [2.05, 4.69) is 32.5 Å². The molecule has 0 bridgehead atoms. The molecular formula is C20H28N4O3S. The normalized spacial score (nSPS) is 12.0. The number of nitrogens with one attached hydrogen (secondary N) is 3. The van der Waals surface area contributed by atoms with Gasteiger partial charge in [0.2, 0.25) is 10.0 Å². The largest absolute Gasteiger partial charge is 0.383 e. The van der Waals surface area contributed by atoms with Gasteiger partial charge in [-0.1, -0.05) is 42.5 Å². The number of sulfonamides is 1. The fraction of sp³-hybridized carbons (Fsp3) is 0.350. The van der Waals surface area contributed by atoms with Gasteiger partial charge in [-0.3, -0.25) is 4.99 Å². The fourth-order valence-electron chi connectivity index (χ4n) is 2.56. The van der Waals surface area contributed by atoms with Gasteiger partial charge in [0.1, 0.15) is 0 Å². The van der Waals surface area contributed by atoms with E-state index in [1.807, 2.05) is 24.3 Å². The molecular weight excluding hydrogens is 376 g/mol. The first-order valence-corrected chi connectivity index (χ1v) is 10.6. The lowest BCUT2D eigenvalue weighted by Crippen LogP contribution is -2.37. The average molecular weight is 405 g/mol. The Morgan fingerprint density at radius 3 is 2.46 bits per heavy atom. The van der Waals surface area contributed by atoms with Crippen LogP contribution in [0.25, 0.3) is 0 Å². The Morgan fingerprint density at radius 1 is 1.00 bits per heavy atom. The summed E-state index contributed by atoms with van der Waals surface area (Å²) in [4.78, 5) is 4.44. The van der Waals surface area contributed by atoms with Crippen LogP contribution in [0.3, 0.4) is 0 Å². The summed E-state index contributed by atoms with van der Waals surface area (Å²) < 4.78 is 32.0. The highest BCUT2D eigenvalue weighted by Gasteiger charge is 2.13. The Bertz CT molecular complexity index is 855. The van der Waals surface area contributed by atoms with Gasteiger partial charge in [-0.25, -0.2) is 13.1 Å². The first kappa shape index (κ1) is 21.9. The molecule has 0 heterocycles. The number of ether oxygens (including phenoxy) is 1. The van der Waals surface area contributed by atoms with Gasteiger partial charge in [0.05, 0.1) is 11.5 Å². The molecule has 0 unspecified atom stereocenters. The summed E-state index contributed by atoms with van der Waals surface area (Å²) in [7, 11) is -0.312. The van der Waals surface area contributed by atoms with Crippen LogP contribution in [-0.4, -0.2) is 48.2 Å². The van der Waals surface area contributed by atoms with Crippen LogP contribution >= 0.6 is 0 Å². The average Bonchev–Trinajstić information content (AvgIpc) is 2.71. The second-order valence-electron chi connectivity index (χ2n) is 6.13. The monoisotopic (exact) mass is 404 g/mol. The number of methoxy groups -OCH3 is 1. The first-order chi connectivity index (χ1) is 13.5. The van der Waals surface area contributed by atoms with Gasteiger partial charge in [-0.15, -0.1) is 0 Å². The summed E-state index contributed by atoms with van der Waals surface area (Å²) in [6, 6.07) is 17.0. The number of hydrogen-bond donors (Lipinski definition) is 3. The highest BCUT2D eigenvalue weighted by atomic mass is 32.2. The van der Waals surface area contributed by atoms with Crippen molar-refractivity contribution in [3.8, 4) is 0 Å². The lowest BCUT2D eigenvalue weighted by molar-refractivity contribution is 0.204. The Kier molecular flexibility index (Phi) is 8.93. The van der Waals surface area contributed by atoms with E-state index in [0.717, 1.165) is 18.5 Å². The van der Waals surface area contributed by atoms with Gasteiger partial charge in [-0.2, -0.15) is 0 Å². The molecule has 0 aliphatic carbocycles. The minimum Gasteiger partial charge on any atom is -0.383 e. The number of rotatable bonds is 10. The summed E-state index contributed by atoms with van der Waals surface area (Å²) in [6.07, 6.45) is 0.891. The third-order valence-corrected chi connectivity index (χ3v) is 5.50. The molecule has 0 radical (unpaired) electrons. The van der Waals surface area contributed by atoms with Crippen molar-refractivity contribution in [2.75, 3.05) is 33.9 Å². The standard InChI is InChI=1S/C20H28N4O3S/c1-21-20(22-12-11-17-7-4-3-5-8-17)23-16-18-9-6-10-19(15-18)28(25,26)24-13-14-27-2/h3-10,15,24H,11-14,16H2,1-2H3,(H2,21,22,23). The van der Waals surface area contributed by atoms with Crippen LogP contribution in [-0.2, 0) is 27.7 Å². The zero-order chi connectivity index (χ0) is 20.2. The van der Waals surface area contributed by atoms with Crippen molar-refractivity contribution in [3.05, 3.63) is 65.7 Å². The third-order valence-electron chi connectivity index (χ3n) is 4.04. The summed E-state index contributed by atoms with van der Waals surface area (Å²) in [5, 5.41) is 6.47. The van der Waals surface area contributed by atoms with Gasteiger partial charge in [0.25, 0.3) is 0 Å². The minimum atomic E-state index is -3.55. The topological polar surface area (TPSA) is 91.8 Å². The molecule has 2 aromatic rings. The molecule has 0 saturated carbocycles. The number of hydrogen-bond acceptors (Lipinski definition) is 4. The lowest BCUT2D eigenvalue weighted by Gasteiger charge is -2.13. The molecule has 2 aromatic carbocycles. The SMILES string of the molecule is CN=C(NCCc1ccccc1)NCc1cccc(S(=O)(=O)NCCOC)c1. The first-order valence-electron chi connectivity index (χ1n) is 9.11. The Balaban J connectivity index is 1.87. The molecule has 0 spiro atoms. The van der Waals surface area contributed by atoms with Gasteiger partial charge in [0, 0.05) is 33.8 Å². The molecule has 0 aliphatic heterocycles. The van der Waals surface area contributed by atoms with E-state index in [-0.39, 0.29) is 11.4 Å². The quantitative estimate of drug-likeness (QED) is 0.317. The zero-order valence-corrected chi connectivity index (χ0v) is 17.1. The molecule has 2 rings (SSSR count). The lowest BCUT2D eigenvalue weighted by atomic mass is 10.1. The van der Waals surface area contributed by atoms with E-state index in [0.29, 0.717) is 19.1 Å². The molecule has 152 valence electrons. The predicted molar refractivity (Wildman–Crippen MR) is 112 cm³/mol. The summed E-state index contributed by atoms with van der Waals surface area (Å²) in [6.45, 7) is 1.78. The van der Waals surface area contributed by atoms with Crippen LogP contribution in [0.4, 0.5) is 0 Å². The maximum Gasteiger partial charge on any atom is 0.240 e. The molecule has 0 aliphatic rings. The fourth-order valence-corrected chi connectivity index (χ4v) is 3.64. The van der Waals surface area contributed by atoms with E-state index >= 15 is 0 Å². The van der Waals surface area contributed by atoms with Crippen molar-refractivity contribution >= 4 is 16.0 Å². The van der Waals surface area contributed by atoms with Gasteiger partial charge < -0.3 is 15.4 Å². The second kappa shape index (κ2) is 11.4. The van der Waals surface area contributed by atoms with Crippen molar-refractivity contribution in [1.29, 1.82) is 0 Å². The number of nitrogens with zero attached hydrogens (tertiary/aromatic N) is 1. The van der Waals surface area contributed by atoms with Gasteiger partial charge in [0.15, 0.2) is 5.96 Å². The predicted octanol–water partition coefficient (Wildman–Crippen LogP) is 1.52. The molecule has 0 aromatic heterocycles. The highest BCUT2D eigenvalue weighted by Crippen LogP contribution is 2.11. The number of guanidine groups is 1. The molecule has 0 saturated heterocycles. The molecule has 8 heteroatoms. The van der Waals surface area contributed by atoms with Crippen molar-refractivity contribution in [2.45, 2.75) is 17.9 Å². The van der Waals surface area contributed by atoms with Crippen LogP contribution < -0.4 is 15.4 Å². The molecule has 0 atom stereocenters.